The summed E-state index contributed by atoms with van der Waals surface area (Å²) >= 11 is 0. The molecule has 1 unspecified atom stereocenters. The Balaban J connectivity index is 1.77. The van der Waals surface area contributed by atoms with Crippen LogP contribution in [0, 0.1) is 28.6 Å². The third-order valence-corrected chi connectivity index (χ3v) is 8.91. The second-order valence-electron chi connectivity index (χ2n) is 10.1. The zero-order chi connectivity index (χ0) is 20.5. The minimum Gasteiger partial charge on any atom is -0.446 e. The van der Waals surface area contributed by atoms with Crippen molar-refractivity contribution in [2.45, 2.75) is 78.2 Å². The maximum atomic E-state index is 12.9. The number of rotatable bonds is 2. The molecule has 4 aliphatic carbocycles. The van der Waals surface area contributed by atoms with Crippen LogP contribution >= 0.6 is 0 Å². The van der Waals surface area contributed by atoms with Gasteiger partial charge in [0.1, 0.15) is 0 Å². The van der Waals surface area contributed by atoms with E-state index in [1.807, 2.05) is 6.08 Å². The maximum Gasteiger partial charge on any atom is 0.303 e. The van der Waals surface area contributed by atoms with Crippen LogP contribution in [0.1, 0.15) is 72.6 Å². The van der Waals surface area contributed by atoms with E-state index in [1.54, 1.807) is 6.92 Å². The quantitative estimate of drug-likeness (QED) is 0.517. The standard InChI is InChI=1S/C24H32O4/c1-14-12-21-20-8-6-17-13-18(27)7-9-19(17)22(20,4)10-11-23(21,5)24(14,15(2)25)28-16(3)26/h13,19-21H,1,6-12H2,2-5H3/t19?,20-,21-,22+,23-,24-/m0/s1. The predicted molar refractivity (Wildman–Crippen MR) is 106 cm³/mol. The molecule has 0 saturated heterocycles. The molecule has 0 radical (unpaired) electrons. The number of carbonyl (C=O) groups is 3. The van der Waals surface area contributed by atoms with Crippen molar-refractivity contribution >= 4 is 17.5 Å². The van der Waals surface area contributed by atoms with Crippen LogP contribution in [0.25, 0.3) is 0 Å². The summed E-state index contributed by atoms with van der Waals surface area (Å²) in [5.74, 6) is 0.958. The highest BCUT2D eigenvalue weighted by molar-refractivity contribution is 5.93. The largest absolute Gasteiger partial charge is 0.446 e. The van der Waals surface area contributed by atoms with Crippen molar-refractivity contribution < 1.29 is 19.1 Å². The third-order valence-electron chi connectivity index (χ3n) is 8.91. The average molecular weight is 385 g/mol. The van der Waals surface area contributed by atoms with Crippen LogP contribution in [0.5, 0.6) is 0 Å². The first-order valence-corrected chi connectivity index (χ1v) is 10.7. The minimum absolute atomic E-state index is 0.0963. The summed E-state index contributed by atoms with van der Waals surface area (Å²) in [6.45, 7) is 11.7. The van der Waals surface area contributed by atoms with Crippen LogP contribution in [-0.2, 0) is 19.1 Å². The number of ketones is 2. The molecule has 0 heterocycles. The van der Waals surface area contributed by atoms with Gasteiger partial charge >= 0.3 is 5.97 Å². The van der Waals surface area contributed by atoms with Crippen LogP contribution in [0.4, 0.5) is 0 Å². The minimum atomic E-state index is -1.19. The van der Waals surface area contributed by atoms with E-state index >= 15 is 0 Å². The SMILES string of the molecule is C=C1C[C@H]2[C@@H]3CCC4=CC(=O)CCC4[C@@]3(C)CC[C@]2(C)[C@@]1(OC(C)=O)C(C)=O. The van der Waals surface area contributed by atoms with Gasteiger partial charge in [-0.2, -0.15) is 0 Å². The molecule has 3 fully saturated rings. The van der Waals surface area contributed by atoms with Crippen molar-refractivity contribution in [3.63, 3.8) is 0 Å². The number of esters is 1. The highest BCUT2D eigenvalue weighted by atomic mass is 16.6. The topological polar surface area (TPSA) is 60.4 Å². The molecule has 4 aliphatic rings. The van der Waals surface area contributed by atoms with Gasteiger partial charge in [0.05, 0.1) is 0 Å². The van der Waals surface area contributed by atoms with E-state index in [1.165, 1.54) is 12.5 Å². The smallest absolute Gasteiger partial charge is 0.303 e. The predicted octanol–water partition coefficient (Wildman–Crippen LogP) is 4.58. The Morgan fingerprint density at radius 3 is 2.46 bits per heavy atom. The fourth-order valence-electron chi connectivity index (χ4n) is 7.69. The van der Waals surface area contributed by atoms with E-state index in [9.17, 15) is 14.4 Å². The van der Waals surface area contributed by atoms with Crippen molar-refractivity contribution in [1.82, 2.24) is 0 Å². The first-order valence-electron chi connectivity index (χ1n) is 10.7. The van der Waals surface area contributed by atoms with E-state index in [4.69, 9.17) is 4.74 Å². The van der Waals surface area contributed by atoms with Gasteiger partial charge in [-0.3, -0.25) is 14.4 Å². The number of Topliss-reactive ketones (excluding diaryl/α,β-unsaturated/α-hetero) is 1. The molecule has 4 rings (SSSR count). The lowest BCUT2D eigenvalue weighted by Gasteiger charge is -2.60. The molecular weight excluding hydrogens is 352 g/mol. The lowest BCUT2D eigenvalue weighted by molar-refractivity contribution is -0.185. The molecule has 0 aromatic heterocycles. The van der Waals surface area contributed by atoms with E-state index in [2.05, 4.69) is 20.4 Å². The Morgan fingerprint density at radius 1 is 1.11 bits per heavy atom. The highest BCUT2D eigenvalue weighted by Crippen LogP contribution is 2.70. The van der Waals surface area contributed by atoms with E-state index in [0.717, 1.165) is 44.1 Å². The summed E-state index contributed by atoms with van der Waals surface area (Å²) in [4.78, 5) is 36.8. The molecule has 4 nitrogen and oxygen atoms in total. The Labute approximate surface area is 167 Å². The van der Waals surface area contributed by atoms with Crippen LogP contribution in [0.15, 0.2) is 23.8 Å². The van der Waals surface area contributed by atoms with E-state index in [0.29, 0.717) is 18.3 Å². The molecule has 0 bridgehead atoms. The fraction of sp³-hybridized carbons (Fsp3) is 0.708. The molecule has 4 heteroatoms. The van der Waals surface area contributed by atoms with Crippen LogP contribution in [0.3, 0.4) is 0 Å². The monoisotopic (exact) mass is 384 g/mol. The lowest BCUT2D eigenvalue weighted by atomic mass is 9.44. The van der Waals surface area contributed by atoms with Crippen molar-refractivity contribution in [2.75, 3.05) is 0 Å². The Kier molecular flexibility index (Phi) is 4.30. The number of allylic oxidation sites excluding steroid dienone is 1. The molecular formula is C24H32O4. The van der Waals surface area contributed by atoms with Crippen LogP contribution in [0.2, 0.25) is 0 Å². The van der Waals surface area contributed by atoms with Crippen LogP contribution < -0.4 is 0 Å². The van der Waals surface area contributed by atoms with Gasteiger partial charge in [0.15, 0.2) is 17.2 Å². The molecule has 28 heavy (non-hydrogen) atoms. The van der Waals surface area contributed by atoms with Gasteiger partial charge in [0.25, 0.3) is 0 Å². The van der Waals surface area contributed by atoms with E-state index in [-0.39, 0.29) is 22.9 Å². The summed E-state index contributed by atoms with van der Waals surface area (Å²) in [5.41, 5.74) is 0.652. The second kappa shape index (κ2) is 6.14. The fourth-order valence-corrected chi connectivity index (χ4v) is 7.69. The number of fused-ring (bicyclic) bond motifs is 5. The highest BCUT2D eigenvalue weighted by Gasteiger charge is 2.70. The molecule has 0 amide bonds. The van der Waals surface area contributed by atoms with Gasteiger partial charge in [0, 0.05) is 18.8 Å². The average Bonchev–Trinajstić information content (AvgIpc) is 2.83. The van der Waals surface area contributed by atoms with Gasteiger partial charge in [0.2, 0.25) is 0 Å². The number of ether oxygens (including phenoxy) is 1. The zero-order valence-corrected chi connectivity index (χ0v) is 17.6. The van der Waals surface area contributed by atoms with Gasteiger partial charge in [-0.15, -0.1) is 0 Å². The lowest BCUT2D eigenvalue weighted by Crippen LogP contribution is -2.60. The molecule has 6 atom stereocenters. The van der Waals surface area contributed by atoms with Gasteiger partial charge in [-0.25, -0.2) is 0 Å². The van der Waals surface area contributed by atoms with Crippen molar-refractivity contribution in [3.05, 3.63) is 23.8 Å². The van der Waals surface area contributed by atoms with Crippen LogP contribution in [-0.4, -0.2) is 23.1 Å². The summed E-state index contributed by atoms with van der Waals surface area (Å²) < 4.78 is 5.83. The van der Waals surface area contributed by atoms with Gasteiger partial charge < -0.3 is 4.74 Å². The number of hydrogen-bond donors (Lipinski definition) is 0. The zero-order valence-electron chi connectivity index (χ0n) is 17.6. The Morgan fingerprint density at radius 2 is 1.82 bits per heavy atom. The third kappa shape index (κ3) is 2.32. The maximum absolute atomic E-state index is 12.9. The van der Waals surface area contributed by atoms with E-state index < -0.39 is 17.0 Å². The number of hydrogen-bond acceptors (Lipinski definition) is 4. The molecule has 0 aliphatic heterocycles. The summed E-state index contributed by atoms with van der Waals surface area (Å²) in [6, 6.07) is 0. The molecule has 3 saturated carbocycles. The van der Waals surface area contributed by atoms with Gasteiger partial charge in [-0.05, 0) is 80.3 Å². The Hall–Kier alpha value is -1.71. The molecule has 0 aromatic carbocycles. The Bertz CT molecular complexity index is 807. The second-order valence-corrected chi connectivity index (χ2v) is 10.1. The first kappa shape index (κ1) is 19.6. The first-order chi connectivity index (χ1) is 13.1. The molecule has 0 aromatic rings. The molecule has 152 valence electrons. The number of carbonyl (C=O) groups excluding carboxylic acids is 3. The van der Waals surface area contributed by atoms with Gasteiger partial charge in [-0.1, -0.05) is 26.0 Å². The molecule has 0 spiro atoms. The summed E-state index contributed by atoms with van der Waals surface area (Å²) in [6.07, 6.45) is 8.09. The molecule has 0 N–H and O–H groups in total. The van der Waals surface area contributed by atoms with Crippen molar-refractivity contribution in [1.29, 1.82) is 0 Å². The summed E-state index contributed by atoms with van der Waals surface area (Å²) in [5, 5.41) is 0. The van der Waals surface area contributed by atoms with Crippen molar-refractivity contribution in [3.8, 4) is 0 Å². The normalized spacial score (nSPS) is 44.9. The van der Waals surface area contributed by atoms with Crippen molar-refractivity contribution in [2.24, 2.45) is 28.6 Å². The summed E-state index contributed by atoms with van der Waals surface area (Å²) in [7, 11) is 0.